The molecule has 0 radical (unpaired) electrons. The second-order valence-electron chi connectivity index (χ2n) is 21.3. The lowest BCUT2D eigenvalue weighted by Gasteiger charge is -2.18. The van der Waals surface area contributed by atoms with Crippen molar-refractivity contribution >= 4 is 17.9 Å². The van der Waals surface area contributed by atoms with Crippen molar-refractivity contribution in [1.29, 1.82) is 0 Å². The van der Waals surface area contributed by atoms with Gasteiger partial charge in [-0.2, -0.15) is 0 Å². The molecule has 0 aliphatic carbocycles. The van der Waals surface area contributed by atoms with E-state index >= 15 is 0 Å². The third-order valence-electron chi connectivity index (χ3n) is 13.7. The van der Waals surface area contributed by atoms with Crippen LogP contribution in [0.4, 0.5) is 0 Å². The zero-order valence-corrected chi connectivity index (χ0v) is 50.9. The van der Waals surface area contributed by atoms with Crippen molar-refractivity contribution in [1.82, 2.24) is 0 Å². The van der Waals surface area contributed by atoms with Crippen LogP contribution >= 0.6 is 0 Å². The molecule has 0 aromatic rings. The Balaban J connectivity index is 4.44. The molecular formula is C72H120O6. The van der Waals surface area contributed by atoms with Crippen molar-refractivity contribution in [3.05, 3.63) is 122 Å². The van der Waals surface area contributed by atoms with Crippen LogP contribution in [0, 0.1) is 0 Å². The van der Waals surface area contributed by atoms with Crippen molar-refractivity contribution in [3.63, 3.8) is 0 Å². The zero-order chi connectivity index (χ0) is 56.4. The Hall–Kier alpha value is -4.19. The highest BCUT2D eigenvalue weighted by Gasteiger charge is 2.19. The van der Waals surface area contributed by atoms with Crippen LogP contribution in [0.5, 0.6) is 0 Å². The summed E-state index contributed by atoms with van der Waals surface area (Å²) in [4.78, 5) is 38.3. The van der Waals surface area contributed by atoms with E-state index in [2.05, 4.69) is 142 Å². The average molecular weight is 1080 g/mol. The molecule has 0 spiro atoms. The third kappa shape index (κ3) is 62.7. The SMILES string of the molecule is CC/C=C\C/C=C\C/C=C\C/C=C\C/C=C\C/C=C\C/C=C\C/C=C\C/C=C\CCCC(=O)OCC(COC(=O)CCCCCCC/C=C\CCCCCCC)OC(=O)CCCCCCCCCCCCCCCCCCC. The van der Waals surface area contributed by atoms with Crippen LogP contribution in [0.15, 0.2) is 122 Å². The Morgan fingerprint density at radius 1 is 0.269 bits per heavy atom. The molecule has 1 unspecified atom stereocenters. The summed E-state index contributed by atoms with van der Waals surface area (Å²) in [5.41, 5.74) is 0. The zero-order valence-electron chi connectivity index (χ0n) is 50.9. The van der Waals surface area contributed by atoms with E-state index in [1.807, 2.05) is 0 Å². The number of carbonyl (C=O) groups is 3. The second-order valence-corrected chi connectivity index (χ2v) is 21.3. The molecule has 0 rings (SSSR count). The number of hydrogen-bond donors (Lipinski definition) is 0. The first-order valence-corrected chi connectivity index (χ1v) is 32.5. The Kier molecular flexibility index (Phi) is 61.8. The van der Waals surface area contributed by atoms with Gasteiger partial charge in [0, 0.05) is 19.3 Å². The maximum Gasteiger partial charge on any atom is 0.306 e. The van der Waals surface area contributed by atoms with Gasteiger partial charge in [0.25, 0.3) is 0 Å². The minimum atomic E-state index is -0.807. The molecule has 0 bridgehead atoms. The Morgan fingerprint density at radius 2 is 0.513 bits per heavy atom. The molecule has 6 heteroatoms. The summed E-state index contributed by atoms with van der Waals surface area (Å²) in [5.74, 6) is -0.962. The molecule has 0 aromatic heterocycles. The van der Waals surface area contributed by atoms with Crippen LogP contribution in [0.1, 0.15) is 297 Å². The van der Waals surface area contributed by atoms with Crippen LogP contribution in [-0.2, 0) is 28.6 Å². The molecule has 0 heterocycles. The lowest BCUT2D eigenvalue weighted by molar-refractivity contribution is -0.167. The quantitative estimate of drug-likeness (QED) is 0.0261. The molecule has 1 atom stereocenters. The summed E-state index contributed by atoms with van der Waals surface area (Å²) in [6.45, 7) is 6.48. The number of hydrogen-bond acceptors (Lipinski definition) is 6. The fourth-order valence-electron chi connectivity index (χ4n) is 8.85. The van der Waals surface area contributed by atoms with Crippen LogP contribution in [0.3, 0.4) is 0 Å². The average Bonchev–Trinajstić information content (AvgIpc) is 3.44. The number of allylic oxidation sites excluding steroid dienone is 20. The van der Waals surface area contributed by atoms with Gasteiger partial charge in [0.05, 0.1) is 0 Å². The summed E-state index contributed by atoms with van der Waals surface area (Å²) in [6.07, 6.45) is 90.7. The van der Waals surface area contributed by atoms with Gasteiger partial charge < -0.3 is 14.2 Å². The predicted molar refractivity (Wildman–Crippen MR) is 339 cm³/mol. The summed E-state index contributed by atoms with van der Waals surface area (Å²) in [6, 6.07) is 0. The van der Waals surface area contributed by atoms with Gasteiger partial charge in [-0.15, -0.1) is 0 Å². The van der Waals surface area contributed by atoms with E-state index < -0.39 is 6.10 Å². The standard InChI is InChI=1S/C72H120O6/c1-4-7-10-13-16-19-22-25-28-30-31-32-33-34-35-36-37-38-39-40-41-43-44-47-50-53-56-59-62-65-71(74)77-68-69(67-76-70(73)64-61-58-55-52-49-46-27-24-21-18-15-12-9-6-3)78-72(75)66-63-60-57-54-51-48-45-42-29-26-23-20-17-14-11-8-5-2/h7,10,16,19,24-25,27-28,31-32,34-35,37-38,40-41,44,47,53,56,69H,4-6,8-9,11-15,17-18,20-23,26,29-30,33,36,39,42-43,45-46,48-52,54-55,57-68H2,1-3H3/b10-7-,19-16-,27-24-,28-25-,32-31-,35-34-,38-37-,41-40-,47-44-,56-53-. The molecule has 0 aliphatic rings. The van der Waals surface area contributed by atoms with Crippen molar-refractivity contribution < 1.29 is 28.6 Å². The van der Waals surface area contributed by atoms with Gasteiger partial charge in [-0.25, -0.2) is 0 Å². The second kappa shape index (κ2) is 65.3. The number of rotatable bonds is 58. The summed E-state index contributed by atoms with van der Waals surface area (Å²) in [7, 11) is 0. The number of unbranched alkanes of at least 4 members (excludes halogenated alkanes) is 27. The fourth-order valence-corrected chi connectivity index (χ4v) is 8.85. The molecule has 6 nitrogen and oxygen atoms in total. The van der Waals surface area contributed by atoms with E-state index in [0.29, 0.717) is 19.3 Å². The van der Waals surface area contributed by atoms with Crippen LogP contribution in [-0.4, -0.2) is 37.2 Å². The van der Waals surface area contributed by atoms with Gasteiger partial charge >= 0.3 is 17.9 Å². The minimum absolute atomic E-state index is 0.0998. The maximum absolute atomic E-state index is 12.9. The lowest BCUT2D eigenvalue weighted by atomic mass is 10.0. The molecule has 0 aliphatic heterocycles. The number of ether oxygens (including phenoxy) is 3. The van der Waals surface area contributed by atoms with Gasteiger partial charge in [0.1, 0.15) is 13.2 Å². The summed E-state index contributed by atoms with van der Waals surface area (Å²) < 4.78 is 16.9. The van der Waals surface area contributed by atoms with Gasteiger partial charge in [-0.1, -0.05) is 290 Å². The third-order valence-corrected chi connectivity index (χ3v) is 13.7. The molecular weight excluding hydrogens is 961 g/mol. The van der Waals surface area contributed by atoms with Crippen molar-refractivity contribution in [3.8, 4) is 0 Å². The molecule has 78 heavy (non-hydrogen) atoms. The molecule has 0 N–H and O–H groups in total. The highest BCUT2D eigenvalue weighted by molar-refractivity contribution is 5.71. The van der Waals surface area contributed by atoms with Gasteiger partial charge in [0.2, 0.25) is 0 Å². The van der Waals surface area contributed by atoms with E-state index in [4.69, 9.17) is 14.2 Å². The fraction of sp³-hybridized carbons (Fsp3) is 0.681. The van der Waals surface area contributed by atoms with E-state index in [-0.39, 0.29) is 37.5 Å². The van der Waals surface area contributed by atoms with Gasteiger partial charge in [-0.05, 0) is 109 Å². The van der Waals surface area contributed by atoms with Gasteiger partial charge in [-0.3, -0.25) is 14.4 Å². The lowest BCUT2D eigenvalue weighted by Crippen LogP contribution is -2.30. The molecule has 0 aromatic carbocycles. The number of esters is 3. The molecule has 444 valence electrons. The molecule has 0 saturated carbocycles. The normalized spacial score (nSPS) is 12.9. The summed E-state index contributed by atoms with van der Waals surface area (Å²) in [5, 5.41) is 0. The Bertz CT molecular complexity index is 1620. The van der Waals surface area contributed by atoms with Crippen molar-refractivity contribution in [2.24, 2.45) is 0 Å². The first-order chi connectivity index (χ1) is 38.5. The van der Waals surface area contributed by atoms with E-state index in [0.717, 1.165) is 116 Å². The minimum Gasteiger partial charge on any atom is -0.462 e. The molecule has 0 amide bonds. The monoisotopic (exact) mass is 1080 g/mol. The largest absolute Gasteiger partial charge is 0.462 e. The van der Waals surface area contributed by atoms with Gasteiger partial charge in [0.15, 0.2) is 6.10 Å². The first kappa shape index (κ1) is 73.8. The summed E-state index contributed by atoms with van der Waals surface area (Å²) >= 11 is 0. The van der Waals surface area contributed by atoms with Crippen molar-refractivity contribution in [2.45, 2.75) is 303 Å². The number of carbonyl (C=O) groups excluding carboxylic acids is 3. The molecule has 0 saturated heterocycles. The highest BCUT2D eigenvalue weighted by Crippen LogP contribution is 2.16. The Labute approximate surface area is 482 Å². The van der Waals surface area contributed by atoms with E-state index in [9.17, 15) is 14.4 Å². The van der Waals surface area contributed by atoms with Crippen LogP contribution < -0.4 is 0 Å². The predicted octanol–water partition coefficient (Wildman–Crippen LogP) is 22.4. The maximum atomic E-state index is 12.9. The Morgan fingerprint density at radius 3 is 0.846 bits per heavy atom. The van der Waals surface area contributed by atoms with E-state index in [1.165, 1.54) is 135 Å². The first-order valence-electron chi connectivity index (χ1n) is 32.5. The highest BCUT2D eigenvalue weighted by atomic mass is 16.6. The molecule has 0 fully saturated rings. The topological polar surface area (TPSA) is 78.9 Å². The van der Waals surface area contributed by atoms with Crippen molar-refractivity contribution in [2.75, 3.05) is 13.2 Å². The smallest absolute Gasteiger partial charge is 0.306 e. The van der Waals surface area contributed by atoms with Crippen LogP contribution in [0.2, 0.25) is 0 Å². The van der Waals surface area contributed by atoms with E-state index in [1.54, 1.807) is 0 Å². The van der Waals surface area contributed by atoms with Crippen LogP contribution in [0.25, 0.3) is 0 Å².